The third kappa shape index (κ3) is 6.03. The predicted molar refractivity (Wildman–Crippen MR) is 137 cm³/mol. The summed E-state index contributed by atoms with van der Waals surface area (Å²) in [4.78, 5) is 9.30. The number of nitrogens with one attached hydrogen (secondary N) is 1. The highest BCUT2D eigenvalue weighted by Crippen LogP contribution is 2.26. The number of aliphatic imine (C=N–C) groups is 1. The van der Waals surface area contributed by atoms with E-state index in [2.05, 4.69) is 57.4 Å². The summed E-state index contributed by atoms with van der Waals surface area (Å²) >= 11 is 0. The minimum absolute atomic E-state index is 0. The average Bonchev–Trinajstić information content (AvgIpc) is 3.23. The Labute approximate surface area is 208 Å². The molecule has 2 fully saturated rings. The van der Waals surface area contributed by atoms with Gasteiger partial charge in [0.2, 0.25) is 0 Å². The summed E-state index contributed by atoms with van der Waals surface area (Å²) in [7, 11) is 1.85. The average molecular weight is 554 g/mol. The number of nitrogens with zero attached hydrogens (tertiary/aromatic N) is 3. The molecule has 1 aromatic carbocycles. The molecule has 1 aromatic heterocycles. The fraction of sp³-hybridized carbons (Fsp3) is 0.542. The molecule has 2 unspecified atom stereocenters. The summed E-state index contributed by atoms with van der Waals surface area (Å²) in [6.45, 7) is 10.5. The van der Waals surface area contributed by atoms with Crippen molar-refractivity contribution in [2.24, 2.45) is 4.99 Å². The number of hydrogen-bond donors (Lipinski definition) is 1. The van der Waals surface area contributed by atoms with Gasteiger partial charge in [0.05, 0.1) is 32.4 Å². The zero-order chi connectivity index (χ0) is 21.6. The van der Waals surface area contributed by atoms with E-state index in [0.717, 1.165) is 63.4 Å². The quantitative estimate of drug-likeness (QED) is 0.347. The van der Waals surface area contributed by atoms with Crippen LogP contribution in [0.15, 0.2) is 45.8 Å². The van der Waals surface area contributed by atoms with E-state index in [1.807, 2.05) is 20.0 Å². The Bertz CT molecular complexity index is 882. The van der Waals surface area contributed by atoms with Gasteiger partial charge in [-0.05, 0) is 37.1 Å². The lowest BCUT2D eigenvalue weighted by molar-refractivity contribution is -0.00898. The second kappa shape index (κ2) is 12.0. The monoisotopic (exact) mass is 554 g/mol. The van der Waals surface area contributed by atoms with E-state index in [-0.39, 0.29) is 36.1 Å². The highest BCUT2D eigenvalue weighted by molar-refractivity contribution is 14.0. The highest BCUT2D eigenvalue weighted by atomic mass is 127. The van der Waals surface area contributed by atoms with Gasteiger partial charge in [0.1, 0.15) is 17.6 Å². The van der Waals surface area contributed by atoms with Crippen LogP contribution in [-0.2, 0) is 9.47 Å². The van der Waals surface area contributed by atoms with Gasteiger partial charge in [-0.25, -0.2) is 0 Å². The smallest absolute Gasteiger partial charge is 0.193 e. The van der Waals surface area contributed by atoms with Crippen molar-refractivity contribution in [1.29, 1.82) is 0 Å². The predicted octanol–water partition coefficient (Wildman–Crippen LogP) is 3.54. The lowest BCUT2D eigenvalue weighted by Gasteiger charge is -2.37. The Hall–Kier alpha value is -1.62. The molecule has 2 aliphatic rings. The summed E-state index contributed by atoms with van der Waals surface area (Å²) in [5.74, 6) is 2.83. The van der Waals surface area contributed by atoms with E-state index in [9.17, 15) is 0 Å². The summed E-state index contributed by atoms with van der Waals surface area (Å²) < 4.78 is 17.7. The molecule has 2 aromatic rings. The Morgan fingerprint density at radius 2 is 1.88 bits per heavy atom. The Balaban J connectivity index is 0.00000289. The van der Waals surface area contributed by atoms with E-state index in [0.29, 0.717) is 6.61 Å². The first-order chi connectivity index (χ1) is 15.2. The van der Waals surface area contributed by atoms with Crippen LogP contribution < -0.4 is 5.32 Å². The van der Waals surface area contributed by atoms with Gasteiger partial charge < -0.3 is 24.1 Å². The van der Waals surface area contributed by atoms with E-state index in [4.69, 9.17) is 13.9 Å². The van der Waals surface area contributed by atoms with Crippen LogP contribution in [-0.4, -0.2) is 75.4 Å². The highest BCUT2D eigenvalue weighted by Gasteiger charge is 2.28. The van der Waals surface area contributed by atoms with Crippen LogP contribution in [0.5, 0.6) is 0 Å². The van der Waals surface area contributed by atoms with Crippen LogP contribution in [0.25, 0.3) is 0 Å². The number of halogens is 1. The molecule has 176 valence electrons. The van der Waals surface area contributed by atoms with E-state index < -0.39 is 0 Å². The molecule has 0 saturated carbocycles. The molecule has 3 heterocycles. The largest absolute Gasteiger partial charge is 0.465 e. The van der Waals surface area contributed by atoms with Crippen LogP contribution in [0.4, 0.5) is 0 Å². The Morgan fingerprint density at radius 3 is 2.56 bits per heavy atom. The Morgan fingerprint density at radius 1 is 1.09 bits per heavy atom. The van der Waals surface area contributed by atoms with Crippen molar-refractivity contribution in [2.75, 3.05) is 59.6 Å². The van der Waals surface area contributed by atoms with Gasteiger partial charge >= 0.3 is 0 Å². The number of ether oxygens (including phenoxy) is 2. The summed E-state index contributed by atoms with van der Waals surface area (Å²) in [5, 5.41) is 3.61. The van der Waals surface area contributed by atoms with Crippen molar-refractivity contribution in [3.8, 4) is 0 Å². The standard InChI is InChI=1S/C24H34N4O3.HI/c1-18-6-4-5-7-20(18)23-17-28(12-15-30-23)24(25-3)26-16-21(22-9-8-19(2)31-22)27-10-13-29-14-11-27;/h4-9,21,23H,10-17H2,1-3H3,(H,25,26);1H. The first kappa shape index (κ1) is 25.0. The number of rotatable bonds is 5. The van der Waals surface area contributed by atoms with Gasteiger partial charge in [-0.15, -0.1) is 24.0 Å². The fourth-order valence-electron chi connectivity index (χ4n) is 4.43. The van der Waals surface area contributed by atoms with E-state index >= 15 is 0 Å². The van der Waals surface area contributed by atoms with Crippen LogP contribution >= 0.6 is 24.0 Å². The number of benzene rings is 1. The van der Waals surface area contributed by atoms with E-state index in [1.165, 1.54) is 11.1 Å². The second-order valence-corrected chi connectivity index (χ2v) is 8.20. The molecule has 2 saturated heterocycles. The lowest BCUT2D eigenvalue weighted by atomic mass is 10.0. The molecule has 2 atom stereocenters. The van der Waals surface area contributed by atoms with Crippen LogP contribution in [0.1, 0.15) is 34.8 Å². The third-order valence-electron chi connectivity index (χ3n) is 6.14. The minimum atomic E-state index is 0. The van der Waals surface area contributed by atoms with Crippen molar-refractivity contribution < 1.29 is 13.9 Å². The lowest BCUT2D eigenvalue weighted by Crippen LogP contribution is -2.50. The molecule has 32 heavy (non-hydrogen) atoms. The molecule has 0 amide bonds. The molecule has 0 aliphatic carbocycles. The molecular formula is C24H35IN4O3. The number of furan rings is 1. The fourth-order valence-corrected chi connectivity index (χ4v) is 4.43. The maximum atomic E-state index is 6.10. The van der Waals surface area contributed by atoms with Crippen molar-refractivity contribution in [3.05, 3.63) is 59.0 Å². The SMILES string of the molecule is CN=C(NCC(c1ccc(C)o1)N1CCOCC1)N1CCOC(c2ccccc2C)C1.I. The number of guanidine groups is 1. The number of hydrogen-bond acceptors (Lipinski definition) is 5. The van der Waals surface area contributed by atoms with Gasteiger partial charge in [0.15, 0.2) is 5.96 Å². The molecule has 0 bridgehead atoms. The molecule has 8 heteroatoms. The van der Waals surface area contributed by atoms with Crippen molar-refractivity contribution in [1.82, 2.24) is 15.1 Å². The van der Waals surface area contributed by atoms with Gasteiger partial charge in [0.25, 0.3) is 0 Å². The van der Waals surface area contributed by atoms with Crippen LogP contribution in [0.2, 0.25) is 0 Å². The van der Waals surface area contributed by atoms with Crippen molar-refractivity contribution in [3.63, 3.8) is 0 Å². The molecule has 2 aliphatic heterocycles. The van der Waals surface area contributed by atoms with E-state index in [1.54, 1.807) is 0 Å². The zero-order valence-corrected chi connectivity index (χ0v) is 21.6. The minimum Gasteiger partial charge on any atom is -0.465 e. The normalized spacial score (nSPS) is 21.2. The molecular weight excluding hydrogens is 519 g/mol. The van der Waals surface area contributed by atoms with Crippen molar-refractivity contribution >= 4 is 29.9 Å². The second-order valence-electron chi connectivity index (χ2n) is 8.20. The molecule has 0 spiro atoms. The summed E-state index contributed by atoms with van der Waals surface area (Å²) in [6.07, 6.45) is 0.0521. The topological polar surface area (TPSA) is 62.5 Å². The van der Waals surface area contributed by atoms with Crippen LogP contribution in [0, 0.1) is 13.8 Å². The molecule has 1 N–H and O–H groups in total. The maximum Gasteiger partial charge on any atom is 0.193 e. The van der Waals surface area contributed by atoms with Gasteiger partial charge in [0, 0.05) is 33.2 Å². The Kier molecular flexibility index (Phi) is 9.39. The maximum absolute atomic E-state index is 6.10. The number of aryl methyl sites for hydroxylation is 2. The molecule has 0 radical (unpaired) electrons. The molecule has 7 nitrogen and oxygen atoms in total. The summed E-state index contributed by atoms with van der Waals surface area (Å²) in [5.41, 5.74) is 2.51. The third-order valence-corrected chi connectivity index (χ3v) is 6.14. The van der Waals surface area contributed by atoms with Crippen LogP contribution in [0.3, 0.4) is 0 Å². The first-order valence-electron chi connectivity index (χ1n) is 11.2. The summed E-state index contributed by atoms with van der Waals surface area (Å²) in [6, 6.07) is 12.7. The van der Waals surface area contributed by atoms with Crippen molar-refractivity contribution in [2.45, 2.75) is 26.0 Å². The zero-order valence-electron chi connectivity index (χ0n) is 19.3. The first-order valence-corrected chi connectivity index (χ1v) is 11.2. The number of morpholine rings is 2. The van der Waals surface area contributed by atoms with Gasteiger partial charge in [-0.2, -0.15) is 0 Å². The van der Waals surface area contributed by atoms with Gasteiger partial charge in [-0.3, -0.25) is 9.89 Å². The molecule has 4 rings (SSSR count). The van der Waals surface area contributed by atoms with Gasteiger partial charge in [-0.1, -0.05) is 24.3 Å².